The highest BCUT2D eigenvalue weighted by molar-refractivity contribution is 7.17. The molecule has 1 heterocycles. The zero-order valence-electron chi connectivity index (χ0n) is 10.3. The third kappa shape index (κ3) is 2.51. The Morgan fingerprint density at radius 2 is 1.74 bits per heavy atom. The molecule has 94 valence electrons. The normalized spacial score (nSPS) is 10.5. The fraction of sp³-hybridized carbons (Fsp3) is 0.0625. The standard InChI is InChI=1S/C16H13NOS/c18-16(12-6-2-1-3-7-12)17-10-13-11-19-15-9-5-4-8-14(13)15/h1-9,11H,10H2,(H,17,18). The van der Waals surface area contributed by atoms with E-state index in [9.17, 15) is 4.79 Å². The molecule has 0 saturated heterocycles. The molecule has 0 fully saturated rings. The van der Waals surface area contributed by atoms with Gasteiger partial charge in [0.15, 0.2) is 0 Å². The number of amides is 1. The van der Waals surface area contributed by atoms with Gasteiger partial charge >= 0.3 is 0 Å². The Morgan fingerprint density at radius 3 is 2.58 bits per heavy atom. The maximum atomic E-state index is 12.0. The first-order valence-corrected chi connectivity index (χ1v) is 7.01. The van der Waals surface area contributed by atoms with Crippen LogP contribution < -0.4 is 5.32 Å². The number of fused-ring (bicyclic) bond motifs is 1. The average molecular weight is 267 g/mol. The summed E-state index contributed by atoms with van der Waals surface area (Å²) >= 11 is 1.71. The van der Waals surface area contributed by atoms with Crippen molar-refractivity contribution in [2.45, 2.75) is 6.54 Å². The van der Waals surface area contributed by atoms with Gasteiger partial charge in [-0.15, -0.1) is 11.3 Å². The zero-order chi connectivity index (χ0) is 13.1. The van der Waals surface area contributed by atoms with Crippen LogP contribution in [-0.4, -0.2) is 5.91 Å². The molecule has 0 unspecified atom stereocenters. The summed E-state index contributed by atoms with van der Waals surface area (Å²) in [6.07, 6.45) is 0. The number of nitrogens with one attached hydrogen (secondary N) is 1. The second kappa shape index (κ2) is 5.24. The number of hydrogen-bond acceptors (Lipinski definition) is 2. The molecule has 0 radical (unpaired) electrons. The Hall–Kier alpha value is -2.13. The monoisotopic (exact) mass is 267 g/mol. The maximum absolute atomic E-state index is 12.0. The number of benzene rings is 2. The van der Waals surface area contributed by atoms with Crippen LogP contribution in [0.25, 0.3) is 10.1 Å². The Bertz CT molecular complexity index is 703. The van der Waals surface area contributed by atoms with E-state index in [1.807, 2.05) is 42.5 Å². The van der Waals surface area contributed by atoms with Crippen molar-refractivity contribution in [3.05, 3.63) is 71.1 Å². The lowest BCUT2D eigenvalue weighted by Crippen LogP contribution is -2.22. The highest BCUT2D eigenvalue weighted by Crippen LogP contribution is 2.25. The van der Waals surface area contributed by atoms with Gasteiger partial charge in [0, 0.05) is 16.8 Å². The molecule has 1 amide bonds. The van der Waals surface area contributed by atoms with Crippen molar-refractivity contribution < 1.29 is 4.79 Å². The van der Waals surface area contributed by atoms with Crippen molar-refractivity contribution in [1.82, 2.24) is 5.32 Å². The molecule has 3 aromatic rings. The summed E-state index contributed by atoms with van der Waals surface area (Å²) in [5, 5.41) is 6.29. The molecule has 2 aromatic carbocycles. The van der Waals surface area contributed by atoms with Crippen molar-refractivity contribution in [3.8, 4) is 0 Å². The van der Waals surface area contributed by atoms with Crippen LogP contribution in [0.4, 0.5) is 0 Å². The van der Waals surface area contributed by atoms with Crippen LogP contribution >= 0.6 is 11.3 Å². The Morgan fingerprint density at radius 1 is 1.00 bits per heavy atom. The first kappa shape index (κ1) is 11.9. The van der Waals surface area contributed by atoms with E-state index in [0.717, 1.165) is 0 Å². The van der Waals surface area contributed by atoms with Crippen LogP contribution in [0.2, 0.25) is 0 Å². The van der Waals surface area contributed by atoms with Crippen molar-refractivity contribution >= 4 is 27.3 Å². The predicted octanol–water partition coefficient (Wildman–Crippen LogP) is 3.83. The molecule has 0 aliphatic heterocycles. The second-order valence-corrected chi connectivity index (χ2v) is 5.22. The molecule has 0 saturated carbocycles. The molecule has 19 heavy (non-hydrogen) atoms. The predicted molar refractivity (Wildman–Crippen MR) is 79.4 cm³/mol. The van der Waals surface area contributed by atoms with Gasteiger partial charge in [-0.1, -0.05) is 36.4 Å². The van der Waals surface area contributed by atoms with Crippen LogP contribution in [0.5, 0.6) is 0 Å². The summed E-state index contributed by atoms with van der Waals surface area (Å²) in [7, 11) is 0. The van der Waals surface area contributed by atoms with Crippen LogP contribution in [0.15, 0.2) is 60.0 Å². The van der Waals surface area contributed by atoms with E-state index in [-0.39, 0.29) is 5.91 Å². The summed E-state index contributed by atoms with van der Waals surface area (Å²) in [5.74, 6) is -0.0316. The van der Waals surface area contributed by atoms with Crippen molar-refractivity contribution in [3.63, 3.8) is 0 Å². The van der Waals surface area contributed by atoms with Gasteiger partial charge < -0.3 is 5.32 Å². The summed E-state index contributed by atoms with van der Waals surface area (Å²) in [4.78, 5) is 12.0. The number of rotatable bonds is 3. The van der Waals surface area contributed by atoms with Gasteiger partial charge in [0.1, 0.15) is 0 Å². The Labute approximate surface area is 115 Å². The molecular formula is C16H13NOS. The quantitative estimate of drug-likeness (QED) is 0.767. The molecule has 3 heteroatoms. The second-order valence-electron chi connectivity index (χ2n) is 4.31. The highest BCUT2D eigenvalue weighted by Gasteiger charge is 2.07. The molecule has 0 bridgehead atoms. The van der Waals surface area contributed by atoms with Gasteiger partial charge in [-0.2, -0.15) is 0 Å². The molecule has 0 aliphatic rings. The summed E-state index contributed by atoms with van der Waals surface area (Å²) in [6.45, 7) is 0.567. The molecule has 1 aromatic heterocycles. The third-order valence-electron chi connectivity index (χ3n) is 3.04. The number of carbonyl (C=O) groups is 1. The van der Waals surface area contributed by atoms with E-state index in [0.29, 0.717) is 12.1 Å². The van der Waals surface area contributed by atoms with Gasteiger partial charge in [-0.3, -0.25) is 4.79 Å². The van der Waals surface area contributed by atoms with E-state index in [1.165, 1.54) is 15.6 Å². The van der Waals surface area contributed by atoms with E-state index in [1.54, 1.807) is 11.3 Å². The molecular weight excluding hydrogens is 254 g/mol. The van der Waals surface area contributed by atoms with Crippen LogP contribution in [0.3, 0.4) is 0 Å². The number of carbonyl (C=O) groups excluding carboxylic acids is 1. The Balaban J connectivity index is 1.75. The fourth-order valence-electron chi connectivity index (χ4n) is 2.04. The summed E-state index contributed by atoms with van der Waals surface area (Å²) < 4.78 is 1.26. The van der Waals surface area contributed by atoms with E-state index in [2.05, 4.69) is 22.8 Å². The fourth-order valence-corrected chi connectivity index (χ4v) is 3.00. The minimum absolute atomic E-state index is 0.0316. The van der Waals surface area contributed by atoms with E-state index < -0.39 is 0 Å². The van der Waals surface area contributed by atoms with Crippen molar-refractivity contribution in [2.75, 3.05) is 0 Å². The smallest absolute Gasteiger partial charge is 0.251 e. The largest absolute Gasteiger partial charge is 0.348 e. The topological polar surface area (TPSA) is 29.1 Å². The lowest BCUT2D eigenvalue weighted by molar-refractivity contribution is 0.0951. The van der Waals surface area contributed by atoms with E-state index in [4.69, 9.17) is 0 Å². The zero-order valence-corrected chi connectivity index (χ0v) is 11.1. The molecule has 0 atom stereocenters. The summed E-state index contributed by atoms with van der Waals surface area (Å²) in [5.41, 5.74) is 1.87. The molecule has 2 nitrogen and oxygen atoms in total. The molecule has 0 spiro atoms. The lowest BCUT2D eigenvalue weighted by Gasteiger charge is -2.04. The van der Waals surface area contributed by atoms with E-state index >= 15 is 0 Å². The van der Waals surface area contributed by atoms with Crippen molar-refractivity contribution in [2.24, 2.45) is 0 Å². The number of hydrogen-bond donors (Lipinski definition) is 1. The SMILES string of the molecule is O=C(NCc1csc2ccccc12)c1ccccc1. The first-order valence-electron chi connectivity index (χ1n) is 6.13. The average Bonchev–Trinajstić information content (AvgIpc) is 2.89. The van der Waals surface area contributed by atoms with Crippen molar-refractivity contribution in [1.29, 1.82) is 0 Å². The minimum Gasteiger partial charge on any atom is -0.348 e. The Kier molecular flexibility index (Phi) is 3.29. The minimum atomic E-state index is -0.0316. The number of thiophene rings is 1. The first-order chi connectivity index (χ1) is 9.34. The highest BCUT2D eigenvalue weighted by atomic mass is 32.1. The van der Waals surface area contributed by atoms with Gasteiger partial charge in [0.25, 0.3) is 5.91 Å². The van der Waals surface area contributed by atoms with Crippen LogP contribution in [0, 0.1) is 0 Å². The maximum Gasteiger partial charge on any atom is 0.251 e. The summed E-state index contributed by atoms with van der Waals surface area (Å²) in [6, 6.07) is 17.5. The van der Waals surface area contributed by atoms with Gasteiger partial charge in [0.2, 0.25) is 0 Å². The molecule has 1 N–H and O–H groups in total. The van der Waals surface area contributed by atoms with Crippen LogP contribution in [0.1, 0.15) is 15.9 Å². The van der Waals surface area contributed by atoms with Gasteiger partial charge in [-0.25, -0.2) is 0 Å². The lowest BCUT2D eigenvalue weighted by atomic mass is 10.1. The molecule has 3 rings (SSSR count). The van der Waals surface area contributed by atoms with Crippen LogP contribution in [-0.2, 0) is 6.54 Å². The van der Waals surface area contributed by atoms with Gasteiger partial charge in [0.05, 0.1) is 0 Å². The molecule has 0 aliphatic carbocycles. The van der Waals surface area contributed by atoms with Gasteiger partial charge in [-0.05, 0) is 34.5 Å². The third-order valence-corrected chi connectivity index (χ3v) is 4.05.